The predicted octanol–water partition coefficient (Wildman–Crippen LogP) is 5.26. The van der Waals surface area contributed by atoms with Gasteiger partial charge in [0.1, 0.15) is 0 Å². The van der Waals surface area contributed by atoms with Gasteiger partial charge in [-0.3, -0.25) is 4.81 Å². The van der Waals surface area contributed by atoms with Crippen molar-refractivity contribution in [1.29, 1.82) is 0 Å². The second-order valence-corrected chi connectivity index (χ2v) is 7.53. The smallest absolute Gasteiger partial charge is 0.404 e. The summed E-state index contributed by atoms with van der Waals surface area (Å²) in [5.41, 5.74) is 4.34. The monoisotopic (exact) mass is 383 g/mol. The van der Waals surface area contributed by atoms with Crippen LogP contribution in [0.1, 0.15) is 20.9 Å². The molecule has 0 saturated heterocycles. The number of hydrogen-bond donors (Lipinski definition) is 0. The number of hydrogen-bond acceptors (Lipinski definition) is 3. The highest BCUT2D eigenvalue weighted by molar-refractivity contribution is 6.69. The van der Waals surface area contributed by atoms with Gasteiger partial charge in [0.15, 0.2) is 0 Å². The van der Waals surface area contributed by atoms with E-state index in [0.717, 1.165) is 28.0 Å². The fourth-order valence-corrected chi connectivity index (χ4v) is 3.97. The standard InChI is InChI=1S/C24H23BN3O/c1-16-15-27(4)22(14-21(16)18-8-6-5-7-9-18)28-24-20(12-13-25(28)3)19-11-10-17(2)26-23(19)29-24/h5-15H,1-4H3/q+1/i1D3. The zero-order valence-corrected chi connectivity index (χ0v) is 16.7. The number of aryl methyl sites for hydroxylation is 3. The molecule has 4 heterocycles. The number of furan rings is 1. The van der Waals surface area contributed by atoms with Gasteiger partial charge in [-0.25, -0.2) is 9.55 Å². The fraction of sp³-hybridized carbons (Fsp3) is 0.167. The molecule has 0 bridgehead atoms. The normalized spacial score (nSPS) is 15.2. The molecule has 0 saturated carbocycles. The summed E-state index contributed by atoms with van der Waals surface area (Å²) in [5, 5.41) is 0.962. The van der Waals surface area contributed by atoms with Crippen LogP contribution in [0.4, 0.5) is 11.7 Å². The zero-order chi connectivity index (χ0) is 22.6. The topological polar surface area (TPSA) is 33.2 Å². The number of aromatic nitrogens is 2. The van der Waals surface area contributed by atoms with Crippen LogP contribution >= 0.6 is 0 Å². The molecule has 0 spiro atoms. The maximum atomic E-state index is 8.09. The van der Waals surface area contributed by atoms with Crippen molar-refractivity contribution in [3.63, 3.8) is 0 Å². The van der Waals surface area contributed by atoms with Gasteiger partial charge in [0.25, 0.3) is 11.7 Å². The van der Waals surface area contributed by atoms with E-state index in [9.17, 15) is 0 Å². The van der Waals surface area contributed by atoms with Gasteiger partial charge in [-0.1, -0.05) is 42.4 Å². The largest absolute Gasteiger partial charge is 0.405 e. The summed E-state index contributed by atoms with van der Waals surface area (Å²) in [7, 11) is 1.87. The first-order valence-electron chi connectivity index (χ1n) is 11.2. The minimum atomic E-state index is -2.24. The summed E-state index contributed by atoms with van der Waals surface area (Å²) in [6.45, 7) is 1.81. The maximum Gasteiger partial charge on any atom is 0.405 e. The molecule has 142 valence electrons. The van der Waals surface area contributed by atoms with Crippen LogP contribution in [0.5, 0.6) is 0 Å². The van der Waals surface area contributed by atoms with E-state index in [2.05, 4.69) is 28.7 Å². The molecule has 1 aliphatic heterocycles. The second kappa shape index (κ2) is 6.62. The molecule has 3 aromatic heterocycles. The Bertz CT molecular complexity index is 1360. The lowest BCUT2D eigenvalue weighted by Gasteiger charge is -2.23. The molecule has 29 heavy (non-hydrogen) atoms. The van der Waals surface area contributed by atoms with E-state index in [1.807, 2.05) is 67.1 Å². The highest BCUT2D eigenvalue weighted by atomic mass is 16.4. The summed E-state index contributed by atoms with van der Waals surface area (Å²) >= 11 is 0. The number of nitrogens with zero attached hydrogens (tertiary/aromatic N) is 3. The van der Waals surface area contributed by atoms with Gasteiger partial charge in [-0.05, 0) is 49.4 Å². The Morgan fingerprint density at radius 2 is 2.00 bits per heavy atom. The molecule has 1 aliphatic rings. The average Bonchev–Trinajstić information content (AvgIpc) is 3.11. The molecular formula is C24H23BN3O+. The van der Waals surface area contributed by atoms with Gasteiger partial charge >= 0.3 is 6.85 Å². The number of rotatable bonds is 2. The lowest BCUT2D eigenvalue weighted by molar-refractivity contribution is -0.658. The van der Waals surface area contributed by atoms with Crippen molar-refractivity contribution >= 4 is 35.7 Å². The Morgan fingerprint density at radius 3 is 2.79 bits per heavy atom. The van der Waals surface area contributed by atoms with E-state index in [1.54, 1.807) is 6.20 Å². The van der Waals surface area contributed by atoms with E-state index >= 15 is 0 Å². The molecule has 0 radical (unpaired) electrons. The van der Waals surface area contributed by atoms with Crippen LogP contribution in [-0.4, -0.2) is 11.8 Å². The van der Waals surface area contributed by atoms with E-state index in [-0.39, 0.29) is 6.85 Å². The van der Waals surface area contributed by atoms with E-state index in [4.69, 9.17) is 8.53 Å². The van der Waals surface area contributed by atoms with Gasteiger partial charge in [0.2, 0.25) is 5.71 Å². The lowest BCUT2D eigenvalue weighted by Crippen LogP contribution is -2.43. The van der Waals surface area contributed by atoms with Crippen molar-refractivity contribution in [3.05, 3.63) is 77.5 Å². The van der Waals surface area contributed by atoms with Crippen molar-refractivity contribution in [2.24, 2.45) is 7.05 Å². The Balaban J connectivity index is 1.75. The molecule has 0 atom stereocenters. The predicted molar refractivity (Wildman–Crippen MR) is 119 cm³/mol. The fourth-order valence-electron chi connectivity index (χ4n) is 3.97. The Kier molecular flexibility index (Phi) is 3.34. The molecule has 5 heteroatoms. The third-order valence-corrected chi connectivity index (χ3v) is 5.46. The van der Waals surface area contributed by atoms with Gasteiger partial charge < -0.3 is 4.42 Å². The third kappa shape index (κ3) is 2.85. The number of pyridine rings is 2. The summed E-state index contributed by atoms with van der Waals surface area (Å²) < 4.78 is 32.4. The Hall–Kier alpha value is -3.34. The Labute approximate surface area is 175 Å². The molecule has 4 aromatic rings. The second-order valence-electron chi connectivity index (χ2n) is 7.53. The van der Waals surface area contributed by atoms with Crippen molar-refractivity contribution in [3.8, 4) is 11.1 Å². The summed E-state index contributed by atoms with van der Waals surface area (Å²) in [6, 6.07) is 15.6. The first kappa shape index (κ1) is 14.6. The van der Waals surface area contributed by atoms with Crippen LogP contribution in [-0.2, 0) is 7.05 Å². The number of benzene rings is 1. The minimum Gasteiger partial charge on any atom is -0.404 e. The van der Waals surface area contributed by atoms with Crippen molar-refractivity contribution in [2.45, 2.75) is 20.6 Å². The number of fused-ring (bicyclic) bond motifs is 3. The lowest BCUT2D eigenvalue weighted by atomic mass is 9.61. The van der Waals surface area contributed by atoms with Crippen molar-refractivity contribution in [2.75, 3.05) is 4.81 Å². The van der Waals surface area contributed by atoms with Crippen molar-refractivity contribution in [1.82, 2.24) is 4.98 Å². The van der Waals surface area contributed by atoms with Crippen LogP contribution in [0, 0.1) is 13.8 Å². The van der Waals surface area contributed by atoms with E-state index in [1.165, 1.54) is 0 Å². The first-order valence-corrected chi connectivity index (χ1v) is 9.71. The molecular weight excluding hydrogens is 357 g/mol. The summed E-state index contributed by atoms with van der Waals surface area (Å²) in [6.07, 6.45) is 3.79. The van der Waals surface area contributed by atoms with Crippen LogP contribution in [0.2, 0.25) is 6.82 Å². The highest BCUT2D eigenvalue weighted by Gasteiger charge is 2.38. The molecule has 0 amide bonds. The van der Waals surface area contributed by atoms with Crippen LogP contribution in [0.3, 0.4) is 0 Å². The quantitative estimate of drug-likeness (QED) is 0.350. The van der Waals surface area contributed by atoms with E-state index < -0.39 is 6.85 Å². The first-order chi connectivity index (χ1) is 15.2. The number of anilines is 2. The zero-order valence-electron chi connectivity index (χ0n) is 19.7. The molecule has 4 nitrogen and oxygen atoms in total. The van der Waals surface area contributed by atoms with E-state index in [0.29, 0.717) is 22.7 Å². The molecule has 1 aromatic carbocycles. The minimum absolute atomic E-state index is 0.0117. The van der Waals surface area contributed by atoms with Gasteiger partial charge in [0.05, 0.1) is 24.2 Å². The maximum absolute atomic E-state index is 8.09. The SMILES string of the molecule is [2H]C([2H])([2H])c1c[n+](C)c(N2B(C)C=Cc3c2oc2nc(C)ccc32)cc1-c1ccccc1. The average molecular weight is 383 g/mol. The third-order valence-electron chi connectivity index (χ3n) is 5.46. The molecule has 5 rings (SSSR count). The molecule has 0 N–H and O–H groups in total. The van der Waals surface area contributed by atoms with Gasteiger partial charge in [-0.2, -0.15) is 0 Å². The Morgan fingerprint density at radius 1 is 1.17 bits per heavy atom. The van der Waals surface area contributed by atoms with Gasteiger partial charge in [0, 0.05) is 15.9 Å². The summed E-state index contributed by atoms with van der Waals surface area (Å²) in [5.74, 6) is 3.67. The molecule has 0 aliphatic carbocycles. The van der Waals surface area contributed by atoms with Gasteiger partial charge in [-0.15, -0.1) is 0 Å². The highest BCUT2D eigenvalue weighted by Crippen LogP contribution is 2.40. The van der Waals surface area contributed by atoms with Crippen LogP contribution < -0.4 is 9.38 Å². The molecule has 0 unspecified atom stereocenters. The van der Waals surface area contributed by atoms with Crippen molar-refractivity contribution < 1.29 is 13.1 Å². The van der Waals surface area contributed by atoms with Crippen LogP contribution in [0.15, 0.2) is 65.1 Å². The van der Waals surface area contributed by atoms with Crippen LogP contribution in [0.25, 0.3) is 28.3 Å². The molecule has 0 fully saturated rings. The summed E-state index contributed by atoms with van der Waals surface area (Å²) in [4.78, 5) is 6.66.